The van der Waals surface area contributed by atoms with Crippen LogP contribution in [0.5, 0.6) is 0 Å². The first kappa shape index (κ1) is 15.9. The van der Waals surface area contributed by atoms with Gasteiger partial charge in [0, 0.05) is 30.4 Å². The number of hydrogen-bond donors (Lipinski definition) is 1. The number of benzene rings is 1. The molecule has 0 unspecified atom stereocenters. The molecule has 0 aliphatic rings. The molecule has 0 spiro atoms. The second-order valence-corrected chi connectivity index (χ2v) is 5.66. The highest BCUT2D eigenvalue weighted by molar-refractivity contribution is 8.00. The van der Waals surface area contributed by atoms with Crippen LogP contribution in [-0.4, -0.2) is 21.6 Å². The molecule has 1 heterocycles. The van der Waals surface area contributed by atoms with Crippen molar-refractivity contribution in [1.82, 2.24) is 14.9 Å². The summed E-state index contributed by atoms with van der Waals surface area (Å²) in [6.07, 6.45) is 6.40. The Morgan fingerprint density at radius 3 is 2.57 bits per heavy atom. The van der Waals surface area contributed by atoms with Crippen LogP contribution in [-0.2, 0) is 13.1 Å². The molecule has 0 aliphatic carbocycles. The van der Waals surface area contributed by atoms with Crippen LogP contribution >= 0.6 is 11.8 Å². The first-order valence-corrected chi connectivity index (χ1v) is 7.36. The number of nitrogens with one attached hydrogen (secondary N) is 1. The molecule has 114 valence electrons. The lowest BCUT2D eigenvalue weighted by atomic mass is 10.2. The van der Waals surface area contributed by atoms with E-state index in [0.717, 1.165) is 25.1 Å². The van der Waals surface area contributed by atoms with Crippen molar-refractivity contribution < 1.29 is 13.2 Å². The largest absolute Gasteiger partial charge is 0.446 e. The number of rotatable bonds is 7. The summed E-state index contributed by atoms with van der Waals surface area (Å²) in [5.41, 5.74) is -3.25. The van der Waals surface area contributed by atoms with E-state index in [0.29, 0.717) is 6.54 Å². The van der Waals surface area contributed by atoms with Gasteiger partial charge in [0.15, 0.2) is 0 Å². The number of nitrogens with zero attached hydrogens (tertiary/aromatic N) is 2. The summed E-state index contributed by atoms with van der Waals surface area (Å²) in [5, 5.41) is 3.27. The molecule has 0 bridgehead atoms. The highest BCUT2D eigenvalue weighted by Crippen LogP contribution is 2.36. The van der Waals surface area contributed by atoms with Crippen molar-refractivity contribution in [3.05, 3.63) is 48.5 Å². The predicted molar refractivity (Wildman–Crippen MR) is 76.9 cm³/mol. The average molecular weight is 315 g/mol. The zero-order chi connectivity index (χ0) is 15.1. The zero-order valence-corrected chi connectivity index (χ0v) is 12.1. The van der Waals surface area contributed by atoms with Crippen LogP contribution in [0.3, 0.4) is 0 Å². The van der Waals surface area contributed by atoms with Crippen molar-refractivity contribution in [2.45, 2.75) is 29.9 Å². The van der Waals surface area contributed by atoms with E-state index >= 15 is 0 Å². The van der Waals surface area contributed by atoms with Gasteiger partial charge in [-0.15, -0.1) is 0 Å². The maximum atomic E-state index is 12.2. The Balaban J connectivity index is 1.66. The standard InChI is InChI=1S/C14H16F3N3S/c15-14(16,17)21-13-4-2-12(3-5-13)10-18-6-1-8-20-9-7-19-11-20/h2-5,7,9,11,18H,1,6,8,10H2. The molecule has 0 saturated heterocycles. The summed E-state index contributed by atoms with van der Waals surface area (Å²) < 4.78 is 38.6. The number of hydrogen-bond acceptors (Lipinski definition) is 3. The lowest BCUT2D eigenvalue weighted by molar-refractivity contribution is -0.0328. The fourth-order valence-corrected chi connectivity index (χ4v) is 2.39. The smallest absolute Gasteiger partial charge is 0.337 e. The molecular weight excluding hydrogens is 299 g/mol. The zero-order valence-electron chi connectivity index (χ0n) is 11.3. The molecule has 2 aromatic rings. The van der Waals surface area contributed by atoms with Gasteiger partial charge in [-0.2, -0.15) is 13.2 Å². The fourth-order valence-electron chi connectivity index (χ4n) is 1.85. The van der Waals surface area contributed by atoms with Crippen LogP contribution < -0.4 is 5.32 Å². The second kappa shape index (κ2) is 7.51. The molecule has 0 radical (unpaired) electrons. The van der Waals surface area contributed by atoms with E-state index in [1.807, 2.05) is 10.8 Å². The van der Waals surface area contributed by atoms with Crippen LogP contribution in [0.15, 0.2) is 47.9 Å². The Bertz CT molecular complexity index is 523. The second-order valence-electron chi connectivity index (χ2n) is 4.52. The molecule has 1 aromatic carbocycles. The van der Waals surface area contributed by atoms with Crippen LogP contribution in [0.25, 0.3) is 0 Å². The number of thioether (sulfide) groups is 1. The van der Waals surface area contributed by atoms with E-state index in [2.05, 4.69) is 10.3 Å². The minimum absolute atomic E-state index is 0.0892. The molecule has 0 atom stereocenters. The number of halogens is 3. The highest BCUT2D eigenvalue weighted by Gasteiger charge is 2.28. The van der Waals surface area contributed by atoms with Crippen molar-refractivity contribution in [3.63, 3.8) is 0 Å². The van der Waals surface area contributed by atoms with E-state index in [4.69, 9.17) is 0 Å². The minimum Gasteiger partial charge on any atom is -0.337 e. The summed E-state index contributed by atoms with van der Waals surface area (Å²) in [6.45, 7) is 2.40. The highest BCUT2D eigenvalue weighted by atomic mass is 32.2. The van der Waals surface area contributed by atoms with E-state index in [1.54, 1.807) is 24.7 Å². The molecular formula is C14H16F3N3S. The Labute approximate surface area is 125 Å². The number of aryl methyl sites for hydroxylation is 1. The molecule has 1 N–H and O–H groups in total. The first-order chi connectivity index (χ1) is 10.0. The monoisotopic (exact) mass is 315 g/mol. The van der Waals surface area contributed by atoms with Gasteiger partial charge >= 0.3 is 5.51 Å². The topological polar surface area (TPSA) is 29.9 Å². The lowest BCUT2D eigenvalue weighted by Crippen LogP contribution is -2.16. The van der Waals surface area contributed by atoms with Gasteiger partial charge in [0.2, 0.25) is 0 Å². The van der Waals surface area contributed by atoms with Crippen molar-refractivity contribution >= 4 is 11.8 Å². The first-order valence-electron chi connectivity index (χ1n) is 6.54. The minimum atomic E-state index is -4.23. The molecule has 2 rings (SSSR count). The molecule has 0 aliphatic heterocycles. The maximum Gasteiger partial charge on any atom is 0.446 e. The van der Waals surface area contributed by atoms with E-state index in [1.165, 1.54) is 12.1 Å². The molecule has 0 saturated carbocycles. The van der Waals surface area contributed by atoms with Crippen molar-refractivity contribution in [3.8, 4) is 0 Å². The number of alkyl halides is 3. The third kappa shape index (κ3) is 6.22. The molecule has 0 fully saturated rings. The predicted octanol–water partition coefficient (Wildman–Crippen LogP) is 3.67. The van der Waals surface area contributed by atoms with E-state index < -0.39 is 5.51 Å². The summed E-state index contributed by atoms with van der Waals surface area (Å²) in [4.78, 5) is 4.18. The van der Waals surface area contributed by atoms with Crippen LogP contribution in [0.4, 0.5) is 13.2 Å². The van der Waals surface area contributed by atoms with E-state index in [9.17, 15) is 13.2 Å². The van der Waals surface area contributed by atoms with Crippen molar-refractivity contribution in [2.24, 2.45) is 0 Å². The van der Waals surface area contributed by atoms with Crippen LogP contribution in [0.2, 0.25) is 0 Å². The summed E-state index contributed by atoms with van der Waals surface area (Å²) in [7, 11) is 0. The number of aromatic nitrogens is 2. The maximum absolute atomic E-state index is 12.2. The quantitative estimate of drug-likeness (QED) is 0.624. The van der Waals surface area contributed by atoms with Gasteiger partial charge < -0.3 is 9.88 Å². The third-order valence-corrected chi connectivity index (χ3v) is 3.55. The Hall–Kier alpha value is -1.47. The SMILES string of the molecule is FC(F)(F)Sc1ccc(CNCCCn2ccnc2)cc1. The summed E-state index contributed by atoms with van der Waals surface area (Å²) >= 11 is -0.0892. The van der Waals surface area contributed by atoms with Gasteiger partial charge in [0.1, 0.15) is 0 Å². The van der Waals surface area contributed by atoms with Crippen LogP contribution in [0, 0.1) is 0 Å². The van der Waals surface area contributed by atoms with Gasteiger partial charge in [-0.3, -0.25) is 0 Å². The fraction of sp³-hybridized carbons (Fsp3) is 0.357. The van der Waals surface area contributed by atoms with Crippen molar-refractivity contribution in [1.29, 1.82) is 0 Å². The molecule has 0 amide bonds. The van der Waals surface area contributed by atoms with Gasteiger partial charge in [-0.05, 0) is 42.4 Å². The Morgan fingerprint density at radius 1 is 1.19 bits per heavy atom. The van der Waals surface area contributed by atoms with Crippen LogP contribution in [0.1, 0.15) is 12.0 Å². The van der Waals surface area contributed by atoms with Gasteiger partial charge in [0.25, 0.3) is 0 Å². The normalized spacial score (nSPS) is 11.8. The Kier molecular flexibility index (Phi) is 5.69. The van der Waals surface area contributed by atoms with E-state index in [-0.39, 0.29) is 16.7 Å². The molecule has 3 nitrogen and oxygen atoms in total. The molecule has 21 heavy (non-hydrogen) atoms. The summed E-state index contributed by atoms with van der Waals surface area (Å²) in [5.74, 6) is 0. The van der Waals surface area contributed by atoms with Gasteiger partial charge in [-0.25, -0.2) is 4.98 Å². The number of imidazole rings is 1. The Morgan fingerprint density at radius 2 is 1.95 bits per heavy atom. The lowest BCUT2D eigenvalue weighted by Gasteiger charge is -2.08. The van der Waals surface area contributed by atoms with Crippen molar-refractivity contribution in [2.75, 3.05) is 6.54 Å². The summed E-state index contributed by atoms with van der Waals surface area (Å²) in [6, 6.07) is 6.44. The van der Waals surface area contributed by atoms with Gasteiger partial charge in [-0.1, -0.05) is 12.1 Å². The molecule has 1 aromatic heterocycles. The van der Waals surface area contributed by atoms with Gasteiger partial charge in [0.05, 0.1) is 6.33 Å². The average Bonchev–Trinajstić information content (AvgIpc) is 2.92. The third-order valence-electron chi connectivity index (χ3n) is 2.82. The molecule has 7 heteroatoms.